The Bertz CT molecular complexity index is 348. The number of anilines is 1. The van der Waals surface area contributed by atoms with Gasteiger partial charge in [-0.1, -0.05) is 0 Å². The van der Waals surface area contributed by atoms with Crippen LogP contribution in [0.1, 0.15) is 11.1 Å². The second-order valence-corrected chi connectivity index (χ2v) is 3.07. The van der Waals surface area contributed by atoms with Gasteiger partial charge in [-0.15, -0.1) is 0 Å². The number of hydrogen-bond donors (Lipinski definition) is 2. The SMILES string of the molecule is Cc1cc(NO)c(C)c([N+](C)=O)c1. The van der Waals surface area contributed by atoms with Gasteiger partial charge in [0.15, 0.2) is 7.05 Å². The summed E-state index contributed by atoms with van der Waals surface area (Å²) >= 11 is 0. The molecule has 0 unspecified atom stereocenters. The van der Waals surface area contributed by atoms with E-state index in [1.807, 2.05) is 6.92 Å². The van der Waals surface area contributed by atoms with Crippen molar-refractivity contribution >= 4 is 11.4 Å². The quantitative estimate of drug-likeness (QED) is 0.543. The average Bonchev–Trinajstić information content (AvgIpc) is 2.08. The van der Waals surface area contributed by atoms with E-state index in [-0.39, 0.29) is 0 Å². The number of nitroso groups, excluding NO2 is 1. The Balaban J connectivity index is 3.35. The molecule has 70 valence electrons. The molecule has 2 N–H and O–H groups in total. The number of hydrogen-bond acceptors (Lipinski definition) is 3. The first kappa shape index (κ1) is 9.67. The first-order valence-electron chi connectivity index (χ1n) is 3.98. The molecular weight excluding hydrogens is 168 g/mol. The Labute approximate surface area is 76.7 Å². The van der Waals surface area contributed by atoms with Crippen LogP contribution in [0.5, 0.6) is 0 Å². The van der Waals surface area contributed by atoms with E-state index in [4.69, 9.17) is 5.21 Å². The zero-order valence-corrected chi connectivity index (χ0v) is 7.96. The zero-order chi connectivity index (χ0) is 10.0. The lowest BCUT2D eigenvalue weighted by Crippen LogP contribution is -1.99. The molecule has 1 rings (SSSR count). The standard InChI is InChI=1S/C9H13N2O2/c1-6-4-8(10-12)7(2)9(5-6)11(3)13/h4-5,10,12H,1-3H3/q+1. The van der Waals surface area contributed by atoms with Crippen molar-refractivity contribution in [2.75, 3.05) is 12.5 Å². The van der Waals surface area contributed by atoms with Crippen molar-refractivity contribution in [1.29, 1.82) is 0 Å². The molecule has 0 saturated carbocycles. The molecule has 0 fully saturated rings. The monoisotopic (exact) mass is 181 g/mol. The third-order valence-electron chi connectivity index (χ3n) is 1.98. The molecule has 0 aliphatic heterocycles. The maximum Gasteiger partial charge on any atom is 0.260 e. The minimum atomic E-state index is 0.566. The highest BCUT2D eigenvalue weighted by molar-refractivity contribution is 5.60. The van der Waals surface area contributed by atoms with Gasteiger partial charge in [0.2, 0.25) is 0 Å². The van der Waals surface area contributed by atoms with Gasteiger partial charge >= 0.3 is 0 Å². The van der Waals surface area contributed by atoms with Crippen LogP contribution in [0.4, 0.5) is 11.4 Å². The van der Waals surface area contributed by atoms with Crippen LogP contribution in [0, 0.1) is 18.8 Å². The summed E-state index contributed by atoms with van der Waals surface area (Å²) in [6.07, 6.45) is 0. The summed E-state index contributed by atoms with van der Waals surface area (Å²) in [6, 6.07) is 3.56. The van der Waals surface area contributed by atoms with E-state index in [1.54, 1.807) is 19.1 Å². The molecule has 0 spiro atoms. The Hall–Kier alpha value is -1.42. The molecular formula is C9H13N2O2+. The summed E-state index contributed by atoms with van der Waals surface area (Å²) in [6.45, 7) is 3.65. The summed E-state index contributed by atoms with van der Waals surface area (Å²) in [7, 11) is 1.43. The van der Waals surface area contributed by atoms with Gasteiger partial charge in [0.05, 0.1) is 11.3 Å². The van der Waals surface area contributed by atoms with Crippen LogP contribution >= 0.6 is 0 Å². The van der Waals surface area contributed by atoms with Crippen LogP contribution in [-0.2, 0) is 0 Å². The van der Waals surface area contributed by atoms with Gasteiger partial charge in [-0.2, -0.15) is 0 Å². The lowest BCUT2D eigenvalue weighted by Gasteiger charge is -2.04. The lowest BCUT2D eigenvalue weighted by atomic mass is 10.1. The van der Waals surface area contributed by atoms with Gasteiger partial charge in [0, 0.05) is 15.7 Å². The second-order valence-electron chi connectivity index (χ2n) is 3.07. The number of rotatable bonds is 2. The maximum absolute atomic E-state index is 11.1. The molecule has 0 atom stereocenters. The molecule has 0 amide bonds. The van der Waals surface area contributed by atoms with Crippen LogP contribution < -0.4 is 5.48 Å². The normalized spacial score (nSPS) is 9.85. The van der Waals surface area contributed by atoms with E-state index in [0.717, 1.165) is 15.9 Å². The third-order valence-corrected chi connectivity index (χ3v) is 1.98. The summed E-state index contributed by atoms with van der Waals surface area (Å²) in [5, 5.41) is 8.78. The van der Waals surface area contributed by atoms with E-state index < -0.39 is 0 Å². The molecule has 13 heavy (non-hydrogen) atoms. The van der Waals surface area contributed by atoms with Crippen molar-refractivity contribution in [2.24, 2.45) is 0 Å². The predicted octanol–water partition coefficient (Wildman–Crippen LogP) is 2.14. The van der Waals surface area contributed by atoms with Crippen molar-refractivity contribution in [1.82, 2.24) is 0 Å². The fourth-order valence-corrected chi connectivity index (χ4v) is 1.28. The second kappa shape index (κ2) is 3.53. The van der Waals surface area contributed by atoms with E-state index >= 15 is 0 Å². The Kier molecular flexibility index (Phi) is 2.63. The van der Waals surface area contributed by atoms with Gasteiger partial charge < -0.3 is 0 Å². The van der Waals surface area contributed by atoms with Crippen LogP contribution in [0.3, 0.4) is 0 Å². The Morgan fingerprint density at radius 3 is 2.46 bits per heavy atom. The van der Waals surface area contributed by atoms with Crippen LogP contribution in [-0.4, -0.2) is 17.0 Å². The molecule has 0 aliphatic rings. The first-order chi connectivity index (χ1) is 6.06. The van der Waals surface area contributed by atoms with Crippen LogP contribution in [0.15, 0.2) is 12.1 Å². The molecule has 0 saturated heterocycles. The molecule has 0 aliphatic carbocycles. The van der Waals surface area contributed by atoms with Gasteiger partial charge in [-0.05, 0) is 25.5 Å². The van der Waals surface area contributed by atoms with E-state index in [9.17, 15) is 4.91 Å². The summed E-state index contributed by atoms with van der Waals surface area (Å²) in [5.41, 5.74) is 4.87. The van der Waals surface area contributed by atoms with E-state index in [1.165, 1.54) is 7.05 Å². The molecule has 4 nitrogen and oxygen atoms in total. The van der Waals surface area contributed by atoms with Crippen LogP contribution in [0.2, 0.25) is 0 Å². The Morgan fingerprint density at radius 1 is 1.38 bits per heavy atom. The van der Waals surface area contributed by atoms with E-state index in [0.29, 0.717) is 11.4 Å². The fraction of sp³-hybridized carbons (Fsp3) is 0.333. The molecule has 0 heterocycles. The van der Waals surface area contributed by atoms with Gasteiger partial charge in [0.1, 0.15) is 0 Å². The maximum atomic E-state index is 11.1. The van der Waals surface area contributed by atoms with Gasteiger partial charge in [-0.25, -0.2) is 0 Å². The predicted molar refractivity (Wildman–Crippen MR) is 50.5 cm³/mol. The number of benzene rings is 1. The molecule has 1 aromatic carbocycles. The fourth-order valence-electron chi connectivity index (χ4n) is 1.28. The molecule has 0 radical (unpaired) electrons. The minimum Gasteiger partial charge on any atom is -0.291 e. The number of nitrogens with zero attached hydrogens (tertiary/aromatic N) is 1. The highest BCUT2D eigenvalue weighted by atomic mass is 16.5. The van der Waals surface area contributed by atoms with Crippen molar-refractivity contribution in [3.05, 3.63) is 28.2 Å². The van der Waals surface area contributed by atoms with Crippen molar-refractivity contribution in [3.63, 3.8) is 0 Å². The van der Waals surface area contributed by atoms with Crippen molar-refractivity contribution in [3.8, 4) is 0 Å². The molecule has 1 aromatic rings. The third kappa shape index (κ3) is 1.84. The summed E-state index contributed by atoms with van der Waals surface area (Å²) < 4.78 is 0.781. The first-order valence-corrected chi connectivity index (χ1v) is 3.98. The summed E-state index contributed by atoms with van der Waals surface area (Å²) in [5.74, 6) is 0. The molecule has 0 aromatic heterocycles. The largest absolute Gasteiger partial charge is 0.291 e. The highest BCUT2D eigenvalue weighted by Crippen LogP contribution is 2.26. The topological polar surface area (TPSA) is 52.3 Å². The Morgan fingerprint density at radius 2 is 2.00 bits per heavy atom. The zero-order valence-electron chi connectivity index (χ0n) is 7.96. The van der Waals surface area contributed by atoms with Gasteiger partial charge in [0.25, 0.3) is 5.69 Å². The van der Waals surface area contributed by atoms with Crippen LogP contribution in [0.25, 0.3) is 0 Å². The number of nitrogens with one attached hydrogen (secondary N) is 1. The summed E-state index contributed by atoms with van der Waals surface area (Å²) in [4.78, 5) is 11.1. The smallest absolute Gasteiger partial charge is 0.260 e. The lowest BCUT2D eigenvalue weighted by molar-refractivity contribution is -0.428. The molecule has 0 bridgehead atoms. The molecule has 4 heteroatoms. The minimum absolute atomic E-state index is 0.566. The van der Waals surface area contributed by atoms with E-state index in [2.05, 4.69) is 5.48 Å². The highest BCUT2D eigenvalue weighted by Gasteiger charge is 2.14. The van der Waals surface area contributed by atoms with Crippen molar-refractivity contribution in [2.45, 2.75) is 13.8 Å². The number of aryl methyl sites for hydroxylation is 1. The van der Waals surface area contributed by atoms with Crippen molar-refractivity contribution < 1.29 is 9.97 Å². The van der Waals surface area contributed by atoms with Gasteiger partial charge in [-0.3, -0.25) is 10.7 Å². The average molecular weight is 181 g/mol.